The van der Waals surface area contributed by atoms with Gasteiger partial charge in [-0.05, 0) is 12.8 Å². The maximum absolute atomic E-state index is 8.76. The standard InChI is InChI=1S/C12H22N4O3/c1-8(2)7-18-5-6-19-12-10(11(13)15-17)9(3)14-16(12)4/h8,17H,5-7H2,1-4H3,(H2,13,15). The second-order valence-electron chi connectivity index (χ2n) is 4.69. The number of nitrogens with zero attached hydrogens (tertiary/aromatic N) is 3. The van der Waals surface area contributed by atoms with Crippen LogP contribution in [0.3, 0.4) is 0 Å². The second-order valence-corrected chi connectivity index (χ2v) is 4.69. The van der Waals surface area contributed by atoms with Crippen LogP contribution in [0.15, 0.2) is 5.16 Å². The fourth-order valence-corrected chi connectivity index (χ4v) is 1.66. The smallest absolute Gasteiger partial charge is 0.223 e. The number of ether oxygens (including phenoxy) is 2. The first-order chi connectivity index (χ1) is 8.97. The van der Waals surface area contributed by atoms with E-state index >= 15 is 0 Å². The molecule has 19 heavy (non-hydrogen) atoms. The van der Waals surface area contributed by atoms with Gasteiger partial charge in [0.2, 0.25) is 5.88 Å². The van der Waals surface area contributed by atoms with Gasteiger partial charge in [-0.1, -0.05) is 19.0 Å². The molecular formula is C12H22N4O3. The Morgan fingerprint density at radius 3 is 2.74 bits per heavy atom. The summed E-state index contributed by atoms with van der Waals surface area (Å²) < 4.78 is 12.6. The molecular weight excluding hydrogens is 248 g/mol. The third kappa shape index (κ3) is 4.13. The van der Waals surface area contributed by atoms with Crippen LogP contribution >= 0.6 is 0 Å². The predicted molar refractivity (Wildman–Crippen MR) is 71.6 cm³/mol. The number of aromatic nitrogens is 2. The molecule has 0 spiro atoms. The molecule has 0 saturated carbocycles. The van der Waals surface area contributed by atoms with Gasteiger partial charge in [-0.2, -0.15) is 5.10 Å². The summed E-state index contributed by atoms with van der Waals surface area (Å²) in [7, 11) is 1.74. The van der Waals surface area contributed by atoms with Crippen LogP contribution in [0.1, 0.15) is 25.1 Å². The molecule has 0 aromatic carbocycles. The van der Waals surface area contributed by atoms with Gasteiger partial charge in [-0.25, -0.2) is 4.68 Å². The maximum Gasteiger partial charge on any atom is 0.223 e. The highest BCUT2D eigenvalue weighted by Gasteiger charge is 2.18. The number of amidine groups is 1. The van der Waals surface area contributed by atoms with Crippen molar-refractivity contribution in [2.75, 3.05) is 19.8 Å². The summed E-state index contributed by atoms with van der Waals surface area (Å²) in [6.07, 6.45) is 0. The molecule has 0 saturated heterocycles. The molecule has 0 bridgehead atoms. The topological polar surface area (TPSA) is 94.9 Å². The van der Waals surface area contributed by atoms with Crippen LogP contribution in [0.25, 0.3) is 0 Å². The molecule has 1 heterocycles. The number of aryl methyl sites for hydroxylation is 2. The number of hydrogen-bond donors (Lipinski definition) is 2. The van der Waals surface area contributed by atoms with Gasteiger partial charge in [0.25, 0.3) is 0 Å². The van der Waals surface area contributed by atoms with Crippen LogP contribution in [0.5, 0.6) is 5.88 Å². The predicted octanol–water partition coefficient (Wildman–Crippen LogP) is 0.874. The van der Waals surface area contributed by atoms with E-state index in [2.05, 4.69) is 24.1 Å². The van der Waals surface area contributed by atoms with E-state index < -0.39 is 0 Å². The first kappa shape index (κ1) is 15.3. The zero-order valence-electron chi connectivity index (χ0n) is 11.9. The lowest BCUT2D eigenvalue weighted by atomic mass is 10.2. The van der Waals surface area contributed by atoms with Gasteiger partial charge in [0.1, 0.15) is 12.2 Å². The Bertz CT molecular complexity index is 440. The van der Waals surface area contributed by atoms with E-state index in [-0.39, 0.29) is 5.84 Å². The van der Waals surface area contributed by atoms with Gasteiger partial charge in [-0.15, -0.1) is 0 Å². The summed E-state index contributed by atoms with van der Waals surface area (Å²) in [6.45, 7) is 7.51. The molecule has 7 heteroatoms. The van der Waals surface area contributed by atoms with Gasteiger partial charge in [0.05, 0.1) is 12.3 Å². The van der Waals surface area contributed by atoms with E-state index in [0.717, 1.165) is 0 Å². The molecule has 0 aliphatic rings. The summed E-state index contributed by atoms with van der Waals surface area (Å²) in [5.74, 6) is 0.955. The molecule has 108 valence electrons. The lowest BCUT2D eigenvalue weighted by Crippen LogP contribution is -2.17. The zero-order valence-corrected chi connectivity index (χ0v) is 11.9. The maximum atomic E-state index is 8.76. The highest BCUT2D eigenvalue weighted by Crippen LogP contribution is 2.20. The van der Waals surface area contributed by atoms with Crippen molar-refractivity contribution < 1.29 is 14.7 Å². The Balaban J connectivity index is 2.63. The Labute approximate surface area is 113 Å². The number of hydrogen-bond acceptors (Lipinski definition) is 5. The van der Waals surface area contributed by atoms with E-state index in [9.17, 15) is 0 Å². The molecule has 0 radical (unpaired) electrons. The Morgan fingerprint density at radius 2 is 2.16 bits per heavy atom. The molecule has 0 atom stereocenters. The van der Waals surface area contributed by atoms with Crippen molar-refractivity contribution >= 4 is 5.84 Å². The van der Waals surface area contributed by atoms with Crippen LogP contribution < -0.4 is 10.5 Å². The Morgan fingerprint density at radius 1 is 1.47 bits per heavy atom. The average Bonchev–Trinajstić information content (AvgIpc) is 2.62. The van der Waals surface area contributed by atoms with Crippen molar-refractivity contribution in [1.29, 1.82) is 0 Å². The third-order valence-corrected chi connectivity index (χ3v) is 2.45. The summed E-state index contributed by atoms with van der Waals surface area (Å²) >= 11 is 0. The Hall–Kier alpha value is -1.76. The first-order valence-electron chi connectivity index (χ1n) is 6.19. The van der Waals surface area contributed by atoms with Gasteiger partial charge in [0.15, 0.2) is 5.84 Å². The van der Waals surface area contributed by atoms with E-state index in [4.69, 9.17) is 20.4 Å². The zero-order chi connectivity index (χ0) is 14.4. The van der Waals surface area contributed by atoms with E-state index in [1.54, 1.807) is 18.7 Å². The van der Waals surface area contributed by atoms with E-state index in [1.165, 1.54) is 0 Å². The van der Waals surface area contributed by atoms with Crippen LogP contribution in [0, 0.1) is 12.8 Å². The van der Waals surface area contributed by atoms with Crippen molar-refractivity contribution in [2.24, 2.45) is 23.9 Å². The van der Waals surface area contributed by atoms with Crippen LogP contribution in [0.4, 0.5) is 0 Å². The summed E-state index contributed by atoms with van der Waals surface area (Å²) in [6, 6.07) is 0. The molecule has 0 unspecified atom stereocenters. The first-order valence-corrected chi connectivity index (χ1v) is 6.19. The van der Waals surface area contributed by atoms with E-state index in [1.807, 2.05) is 0 Å². The molecule has 0 aliphatic heterocycles. The van der Waals surface area contributed by atoms with Crippen molar-refractivity contribution in [1.82, 2.24) is 9.78 Å². The summed E-state index contributed by atoms with van der Waals surface area (Å²) in [4.78, 5) is 0. The molecule has 7 nitrogen and oxygen atoms in total. The quantitative estimate of drug-likeness (QED) is 0.252. The molecule has 0 aliphatic carbocycles. The molecule has 0 amide bonds. The minimum atomic E-state index is -0.0105. The average molecular weight is 270 g/mol. The number of rotatable bonds is 7. The van der Waals surface area contributed by atoms with Gasteiger partial charge in [0, 0.05) is 13.7 Å². The van der Waals surface area contributed by atoms with Crippen molar-refractivity contribution in [2.45, 2.75) is 20.8 Å². The van der Waals surface area contributed by atoms with Crippen molar-refractivity contribution in [3.8, 4) is 5.88 Å². The third-order valence-electron chi connectivity index (χ3n) is 2.45. The summed E-state index contributed by atoms with van der Waals surface area (Å²) in [5, 5.41) is 15.9. The highest BCUT2D eigenvalue weighted by molar-refractivity contribution is 6.00. The van der Waals surface area contributed by atoms with Gasteiger partial charge in [-0.3, -0.25) is 0 Å². The fourth-order valence-electron chi connectivity index (χ4n) is 1.66. The highest BCUT2D eigenvalue weighted by atomic mass is 16.5. The number of nitrogens with two attached hydrogens (primary N) is 1. The largest absolute Gasteiger partial charge is 0.475 e. The van der Waals surface area contributed by atoms with Gasteiger partial charge < -0.3 is 20.4 Å². The lowest BCUT2D eigenvalue weighted by molar-refractivity contribution is 0.0793. The molecule has 0 fully saturated rings. The molecule has 1 aromatic heterocycles. The van der Waals surface area contributed by atoms with Crippen molar-refractivity contribution in [3.63, 3.8) is 0 Å². The summed E-state index contributed by atoms with van der Waals surface area (Å²) in [5.41, 5.74) is 6.77. The number of oxime groups is 1. The normalized spacial score (nSPS) is 12.2. The lowest BCUT2D eigenvalue weighted by Gasteiger charge is -2.10. The van der Waals surface area contributed by atoms with E-state index in [0.29, 0.717) is 42.9 Å². The van der Waals surface area contributed by atoms with Crippen LogP contribution in [-0.4, -0.2) is 40.6 Å². The molecule has 1 aromatic rings. The van der Waals surface area contributed by atoms with Gasteiger partial charge >= 0.3 is 0 Å². The minimum absolute atomic E-state index is 0.0105. The van der Waals surface area contributed by atoms with Crippen molar-refractivity contribution in [3.05, 3.63) is 11.3 Å². The fraction of sp³-hybridized carbons (Fsp3) is 0.667. The van der Waals surface area contributed by atoms with Crippen LogP contribution in [0.2, 0.25) is 0 Å². The molecule has 3 N–H and O–H groups in total. The Kier molecular flexibility index (Phi) is 5.62. The monoisotopic (exact) mass is 270 g/mol. The molecule has 1 rings (SSSR count). The minimum Gasteiger partial charge on any atom is -0.475 e. The van der Waals surface area contributed by atoms with Crippen LogP contribution in [-0.2, 0) is 11.8 Å². The SMILES string of the molecule is Cc1nn(C)c(OCCOCC(C)C)c1C(N)=NO. The second kappa shape index (κ2) is 6.98.